The molecule has 0 fully saturated rings. The number of aryl methyl sites for hydroxylation is 1. The van der Waals surface area contributed by atoms with Gasteiger partial charge in [0.05, 0.1) is 7.11 Å². The number of fused-ring (bicyclic) bond motifs is 1. The third-order valence-corrected chi connectivity index (χ3v) is 2.55. The van der Waals surface area contributed by atoms with E-state index in [0.717, 1.165) is 18.4 Å². The lowest BCUT2D eigenvalue weighted by molar-refractivity contribution is 0.383. The predicted octanol–water partition coefficient (Wildman–Crippen LogP) is 1.78. The van der Waals surface area contributed by atoms with Gasteiger partial charge in [0, 0.05) is 11.6 Å². The van der Waals surface area contributed by atoms with Crippen molar-refractivity contribution < 1.29 is 9.13 Å². The van der Waals surface area contributed by atoms with Crippen molar-refractivity contribution in [2.24, 2.45) is 5.73 Å². The SMILES string of the molecule is COc1ccc2c(c1F)C(N)CC2. The van der Waals surface area contributed by atoms with E-state index < -0.39 is 0 Å². The molecule has 70 valence electrons. The van der Waals surface area contributed by atoms with Crippen molar-refractivity contribution in [1.82, 2.24) is 0 Å². The number of methoxy groups -OCH3 is 1. The van der Waals surface area contributed by atoms with Crippen LogP contribution >= 0.6 is 0 Å². The maximum atomic E-state index is 13.6. The van der Waals surface area contributed by atoms with Gasteiger partial charge >= 0.3 is 0 Å². The van der Waals surface area contributed by atoms with Crippen molar-refractivity contribution in [2.45, 2.75) is 18.9 Å². The summed E-state index contributed by atoms with van der Waals surface area (Å²) in [6.45, 7) is 0. The van der Waals surface area contributed by atoms with Gasteiger partial charge < -0.3 is 10.5 Å². The van der Waals surface area contributed by atoms with Crippen molar-refractivity contribution in [2.75, 3.05) is 7.11 Å². The van der Waals surface area contributed by atoms with E-state index in [1.165, 1.54) is 7.11 Å². The molecule has 0 amide bonds. The summed E-state index contributed by atoms with van der Waals surface area (Å²) in [5.74, 6) is 0.00102. The summed E-state index contributed by atoms with van der Waals surface area (Å²) in [6, 6.07) is 3.39. The zero-order valence-electron chi connectivity index (χ0n) is 7.51. The maximum absolute atomic E-state index is 13.6. The zero-order valence-corrected chi connectivity index (χ0v) is 7.51. The third kappa shape index (κ3) is 1.20. The average Bonchev–Trinajstić information content (AvgIpc) is 2.49. The van der Waals surface area contributed by atoms with Crippen LogP contribution in [0.25, 0.3) is 0 Å². The molecule has 1 aromatic carbocycles. The van der Waals surface area contributed by atoms with Crippen LogP contribution in [-0.4, -0.2) is 7.11 Å². The first-order valence-electron chi connectivity index (χ1n) is 4.35. The Morgan fingerprint density at radius 1 is 1.54 bits per heavy atom. The van der Waals surface area contributed by atoms with Gasteiger partial charge in [0.2, 0.25) is 0 Å². The zero-order chi connectivity index (χ0) is 9.42. The highest BCUT2D eigenvalue weighted by Gasteiger charge is 2.24. The molecule has 1 aliphatic rings. The van der Waals surface area contributed by atoms with Crippen LogP contribution in [0.3, 0.4) is 0 Å². The highest BCUT2D eigenvalue weighted by Crippen LogP contribution is 2.35. The Morgan fingerprint density at radius 3 is 3.00 bits per heavy atom. The largest absolute Gasteiger partial charge is 0.494 e. The smallest absolute Gasteiger partial charge is 0.170 e. The first-order chi connectivity index (χ1) is 6.24. The molecule has 13 heavy (non-hydrogen) atoms. The third-order valence-electron chi connectivity index (χ3n) is 2.55. The van der Waals surface area contributed by atoms with E-state index >= 15 is 0 Å². The van der Waals surface area contributed by atoms with Crippen LogP contribution in [0.2, 0.25) is 0 Å². The minimum atomic E-state index is -0.287. The van der Waals surface area contributed by atoms with Gasteiger partial charge in [-0.1, -0.05) is 6.07 Å². The number of nitrogens with two attached hydrogens (primary N) is 1. The van der Waals surface area contributed by atoms with Crippen LogP contribution in [0.4, 0.5) is 4.39 Å². The Balaban J connectivity index is 2.56. The first-order valence-corrected chi connectivity index (χ1v) is 4.35. The lowest BCUT2D eigenvalue weighted by Gasteiger charge is -2.09. The molecule has 1 aliphatic carbocycles. The number of rotatable bonds is 1. The number of halogens is 1. The molecule has 0 bridgehead atoms. The summed E-state index contributed by atoms with van der Waals surface area (Å²) in [6.07, 6.45) is 1.71. The van der Waals surface area contributed by atoms with Crippen molar-refractivity contribution >= 4 is 0 Å². The Hall–Kier alpha value is -1.09. The minimum Gasteiger partial charge on any atom is -0.494 e. The van der Waals surface area contributed by atoms with Crippen LogP contribution in [0, 0.1) is 5.82 Å². The van der Waals surface area contributed by atoms with E-state index in [9.17, 15) is 4.39 Å². The maximum Gasteiger partial charge on any atom is 0.170 e. The molecule has 1 aromatic rings. The number of hydrogen-bond acceptors (Lipinski definition) is 2. The average molecular weight is 181 g/mol. The fourth-order valence-electron chi connectivity index (χ4n) is 1.84. The van der Waals surface area contributed by atoms with Crippen molar-refractivity contribution in [3.8, 4) is 5.75 Å². The Bertz CT molecular complexity index is 338. The summed E-state index contributed by atoms with van der Waals surface area (Å²) in [4.78, 5) is 0. The van der Waals surface area contributed by atoms with E-state index in [2.05, 4.69) is 0 Å². The molecule has 3 heteroatoms. The molecule has 0 aliphatic heterocycles. The highest BCUT2D eigenvalue weighted by atomic mass is 19.1. The molecule has 0 heterocycles. The van der Waals surface area contributed by atoms with E-state index in [4.69, 9.17) is 10.5 Å². The lowest BCUT2D eigenvalue weighted by atomic mass is 10.1. The van der Waals surface area contributed by atoms with Gasteiger partial charge in [-0.15, -0.1) is 0 Å². The summed E-state index contributed by atoms with van der Waals surface area (Å²) >= 11 is 0. The van der Waals surface area contributed by atoms with Crippen LogP contribution in [0.1, 0.15) is 23.6 Å². The van der Waals surface area contributed by atoms with Crippen LogP contribution < -0.4 is 10.5 Å². The van der Waals surface area contributed by atoms with Crippen LogP contribution in [-0.2, 0) is 6.42 Å². The molecule has 0 aromatic heterocycles. The van der Waals surface area contributed by atoms with Gasteiger partial charge in [-0.3, -0.25) is 0 Å². The molecule has 0 spiro atoms. The molecule has 1 atom stereocenters. The standard InChI is InChI=1S/C10H12FNO/c1-13-8-5-3-6-2-4-7(12)9(6)10(8)11/h3,5,7H,2,4,12H2,1H3. The summed E-state index contributed by atoms with van der Waals surface area (Å²) in [5.41, 5.74) is 7.43. The topological polar surface area (TPSA) is 35.2 Å². The monoisotopic (exact) mass is 181 g/mol. The van der Waals surface area contributed by atoms with Gasteiger partial charge in [-0.25, -0.2) is 4.39 Å². The second kappa shape index (κ2) is 3.00. The molecule has 2 nitrogen and oxygen atoms in total. The fraction of sp³-hybridized carbons (Fsp3) is 0.400. The molecule has 2 N–H and O–H groups in total. The van der Waals surface area contributed by atoms with E-state index in [1.807, 2.05) is 6.07 Å². The Morgan fingerprint density at radius 2 is 2.31 bits per heavy atom. The summed E-state index contributed by atoms with van der Waals surface area (Å²) in [5, 5.41) is 0. The van der Waals surface area contributed by atoms with E-state index in [-0.39, 0.29) is 17.6 Å². The molecular formula is C10H12FNO. The van der Waals surface area contributed by atoms with Crippen molar-refractivity contribution in [3.63, 3.8) is 0 Å². The number of hydrogen-bond donors (Lipinski definition) is 1. The Kier molecular flexibility index (Phi) is 1.96. The second-order valence-electron chi connectivity index (χ2n) is 3.30. The van der Waals surface area contributed by atoms with E-state index in [1.54, 1.807) is 6.07 Å². The van der Waals surface area contributed by atoms with Gasteiger partial charge in [0.15, 0.2) is 11.6 Å². The van der Waals surface area contributed by atoms with Crippen LogP contribution in [0.5, 0.6) is 5.75 Å². The molecule has 0 radical (unpaired) electrons. The lowest BCUT2D eigenvalue weighted by Crippen LogP contribution is -2.08. The van der Waals surface area contributed by atoms with Crippen LogP contribution in [0.15, 0.2) is 12.1 Å². The van der Waals surface area contributed by atoms with Gasteiger partial charge in [-0.2, -0.15) is 0 Å². The molecule has 0 saturated carbocycles. The summed E-state index contributed by atoms with van der Waals surface area (Å²) in [7, 11) is 1.46. The number of ether oxygens (including phenoxy) is 1. The summed E-state index contributed by atoms with van der Waals surface area (Å²) < 4.78 is 18.5. The van der Waals surface area contributed by atoms with Crippen molar-refractivity contribution in [3.05, 3.63) is 29.1 Å². The normalized spacial score (nSPS) is 20.1. The highest BCUT2D eigenvalue weighted by molar-refractivity contribution is 5.42. The van der Waals surface area contributed by atoms with E-state index in [0.29, 0.717) is 5.56 Å². The van der Waals surface area contributed by atoms with Gasteiger partial charge in [-0.05, 0) is 24.5 Å². The molecule has 2 rings (SSSR count). The molecule has 0 saturated heterocycles. The van der Waals surface area contributed by atoms with Gasteiger partial charge in [0.25, 0.3) is 0 Å². The minimum absolute atomic E-state index is 0.162. The molecule has 1 unspecified atom stereocenters. The van der Waals surface area contributed by atoms with Crippen molar-refractivity contribution in [1.29, 1.82) is 0 Å². The quantitative estimate of drug-likeness (QED) is 0.716. The predicted molar refractivity (Wildman–Crippen MR) is 48.2 cm³/mol. The fourth-order valence-corrected chi connectivity index (χ4v) is 1.84. The van der Waals surface area contributed by atoms with Gasteiger partial charge in [0.1, 0.15) is 0 Å². The first kappa shape index (κ1) is 8.51. The second-order valence-corrected chi connectivity index (χ2v) is 3.30. The number of benzene rings is 1. The molecular weight excluding hydrogens is 169 g/mol. The Labute approximate surface area is 76.5 Å².